The molecule has 0 saturated carbocycles. The predicted molar refractivity (Wildman–Crippen MR) is 81.8 cm³/mol. The molecule has 0 spiro atoms. The van der Waals surface area contributed by atoms with Gasteiger partial charge in [0.1, 0.15) is 11.5 Å². The standard InChI is InChI=1S/C17H16N2O3/c1-12-10-13(11-18)2-7-16(12)22-15-5-3-14(4-6-15)17(21)19-8-9-20/h2-7,10,20H,8-9H2,1H3,(H,19,21). The summed E-state index contributed by atoms with van der Waals surface area (Å²) in [6, 6.07) is 14.0. The molecule has 0 fully saturated rings. The third-order valence-corrected chi connectivity index (χ3v) is 3.05. The summed E-state index contributed by atoms with van der Waals surface area (Å²) in [5.41, 5.74) is 1.95. The van der Waals surface area contributed by atoms with E-state index in [9.17, 15) is 4.79 Å². The van der Waals surface area contributed by atoms with E-state index in [4.69, 9.17) is 15.1 Å². The van der Waals surface area contributed by atoms with Crippen molar-refractivity contribution in [1.82, 2.24) is 5.32 Å². The molecule has 0 aliphatic carbocycles. The van der Waals surface area contributed by atoms with Crippen molar-refractivity contribution in [1.29, 1.82) is 5.26 Å². The summed E-state index contributed by atoms with van der Waals surface area (Å²) in [7, 11) is 0. The van der Waals surface area contributed by atoms with Crippen LogP contribution in [-0.2, 0) is 0 Å². The molecule has 0 unspecified atom stereocenters. The van der Waals surface area contributed by atoms with Gasteiger partial charge in [-0.3, -0.25) is 4.79 Å². The Morgan fingerprint density at radius 3 is 2.59 bits per heavy atom. The van der Waals surface area contributed by atoms with Gasteiger partial charge in [-0.15, -0.1) is 0 Å². The summed E-state index contributed by atoms with van der Waals surface area (Å²) < 4.78 is 5.74. The number of nitrogens with one attached hydrogen (secondary N) is 1. The first-order valence-corrected chi connectivity index (χ1v) is 6.82. The number of rotatable bonds is 5. The lowest BCUT2D eigenvalue weighted by Crippen LogP contribution is -2.26. The summed E-state index contributed by atoms with van der Waals surface area (Å²) in [5.74, 6) is 1.03. The molecule has 112 valence electrons. The first-order chi connectivity index (χ1) is 10.6. The van der Waals surface area contributed by atoms with E-state index in [0.717, 1.165) is 5.56 Å². The second kappa shape index (κ2) is 7.25. The summed E-state index contributed by atoms with van der Waals surface area (Å²) in [6.07, 6.45) is 0. The predicted octanol–water partition coefficient (Wildman–Crippen LogP) is 2.38. The lowest BCUT2D eigenvalue weighted by molar-refractivity contribution is 0.0945. The third-order valence-electron chi connectivity index (χ3n) is 3.05. The molecule has 0 bridgehead atoms. The van der Waals surface area contributed by atoms with Crippen LogP contribution in [0, 0.1) is 18.3 Å². The monoisotopic (exact) mass is 296 g/mol. The van der Waals surface area contributed by atoms with E-state index in [1.807, 2.05) is 6.92 Å². The minimum Gasteiger partial charge on any atom is -0.457 e. The maximum Gasteiger partial charge on any atom is 0.251 e. The summed E-state index contributed by atoms with van der Waals surface area (Å²) in [4.78, 5) is 11.7. The van der Waals surface area contributed by atoms with E-state index in [1.165, 1.54) is 0 Å². The summed E-state index contributed by atoms with van der Waals surface area (Å²) in [6.45, 7) is 2.00. The molecular formula is C17H16N2O3. The molecule has 5 heteroatoms. The molecule has 0 aliphatic rings. The van der Waals surface area contributed by atoms with Crippen LogP contribution in [-0.4, -0.2) is 24.2 Å². The number of carbonyl (C=O) groups excluding carboxylic acids is 1. The molecule has 0 atom stereocenters. The zero-order valence-electron chi connectivity index (χ0n) is 12.2. The van der Waals surface area contributed by atoms with Gasteiger partial charge in [-0.2, -0.15) is 5.26 Å². The Bertz CT molecular complexity index is 703. The number of nitriles is 1. The first-order valence-electron chi connectivity index (χ1n) is 6.82. The van der Waals surface area contributed by atoms with Gasteiger partial charge in [0.15, 0.2) is 0 Å². The Morgan fingerprint density at radius 2 is 2.00 bits per heavy atom. The van der Waals surface area contributed by atoms with Crippen LogP contribution in [0.2, 0.25) is 0 Å². The summed E-state index contributed by atoms with van der Waals surface area (Å²) in [5, 5.41) is 20.1. The van der Waals surface area contributed by atoms with Crippen LogP contribution in [0.15, 0.2) is 42.5 Å². The fourth-order valence-electron chi connectivity index (χ4n) is 1.91. The van der Waals surface area contributed by atoms with Crippen LogP contribution >= 0.6 is 0 Å². The molecule has 0 saturated heterocycles. The van der Waals surface area contributed by atoms with Crippen molar-refractivity contribution >= 4 is 5.91 Å². The maximum absolute atomic E-state index is 11.7. The highest BCUT2D eigenvalue weighted by molar-refractivity contribution is 5.94. The van der Waals surface area contributed by atoms with Gasteiger partial charge in [-0.05, 0) is 55.0 Å². The SMILES string of the molecule is Cc1cc(C#N)ccc1Oc1ccc(C(=O)NCCO)cc1. The molecule has 1 amide bonds. The van der Waals surface area contributed by atoms with Gasteiger partial charge in [0.25, 0.3) is 5.91 Å². The average molecular weight is 296 g/mol. The van der Waals surface area contributed by atoms with E-state index in [0.29, 0.717) is 22.6 Å². The second-order valence-electron chi connectivity index (χ2n) is 4.70. The van der Waals surface area contributed by atoms with Crippen molar-refractivity contribution in [2.24, 2.45) is 0 Å². The van der Waals surface area contributed by atoms with Crippen LogP contribution in [0.1, 0.15) is 21.5 Å². The van der Waals surface area contributed by atoms with Gasteiger partial charge >= 0.3 is 0 Å². The quantitative estimate of drug-likeness (QED) is 0.887. The zero-order valence-corrected chi connectivity index (χ0v) is 12.2. The normalized spacial score (nSPS) is 9.86. The molecule has 22 heavy (non-hydrogen) atoms. The van der Waals surface area contributed by atoms with E-state index >= 15 is 0 Å². The van der Waals surface area contributed by atoms with Gasteiger partial charge in [0, 0.05) is 12.1 Å². The molecule has 0 heterocycles. The highest BCUT2D eigenvalue weighted by Crippen LogP contribution is 2.25. The molecule has 0 radical (unpaired) electrons. The minimum atomic E-state index is -0.241. The fourth-order valence-corrected chi connectivity index (χ4v) is 1.91. The number of nitrogens with zero attached hydrogens (tertiary/aromatic N) is 1. The highest BCUT2D eigenvalue weighted by Gasteiger charge is 2.06. The Kier molecular flexibility index (Phi) is 5.12. The van der Waals surface area contributed by atoms with Crippen molar-refractivity contribution in [2.75, 3.05) is 13.2 Å². The van der Waals surface area contributed by atoms with E-state index < -0.39 is 0 Å². The Balaban J connectivity index is 2.08. The molecular weight excluding hydrogens is 280 g/mol. The second-order valence-corrected chi connectivity index (χ2v) is 4.70. The van der Waals surface area contributed by atoms with Crippen LogP contribution < -0.4 is 10.1 Å². The lowest BCUT2D eigenvalue weighted by Gasteiger charge is -2.09. The number of amides is 1. The number of ether oxygens (including phenoxy) is 1. The van der Waals surface area contributed by atoms with Crippen LogP contribution in [0.3, 0.4) is 0 Å². The van der Waals surface area contributed by atoms with Gasteiger partial charge in [-0.1, -0.05) is 0 Å². The van der Waals surface area contributed by atoms with Crippen molar-refractivity contribution in [3.8, 4) is 17.6 Å². The third kappa shape index (κ3) is 3.84. The molecule has 0 aromatic heterocycles. The largest absolute Gasteiger partial charge is 0.457 e. The van der Waals surface area contributed by atoms with E-state index in [-0.39, 0.29) is 19.1 Å². The van der Waals surface area contributed by atoms with Gasteiger partial charge in [0.2, 0.25) is 0 Å². The maximum atomic E-state index is 11.7. The van der Waals surface area contributed by atoms with E-state index in [2.05, 4.69) is 11.4 Å². The van der Waals surface area contributed by atoms with Gasteiger partial charge in [0.05, 0.1) is 18.2 Å². The number of hydrogen-bond donors (Lipinski definition) is 2. The molecule has 2 rings (SSSR count). The molecule has 5 nitrogen and oxygen atoms in total. The van der Waals surface area contributed by atoms with Crippen LogP contribution in [0.5, 0.6) is 11.5 Å². The minimum absolute atomic E-state index is 0.0924. The fraction of sp³-hybridized carbons (Fsp3) is 0.176. The van der Waals surface area contributed by atoms with Crippen molar-refractivity contribution in [2.45, 2.75) is 6.92 Å². The highest BCUT2D eigenvalue weighted by atomic mass is 16.5. The molecule has 2 N–H and O–H groups in total. The van der Waals surface area contributed by atoms with Crippen LogP contribution in [0.4, 0.5) is 0 Å². The number of benzene rings is 2. The molecule has 0 aliphatic heterocycles. The first kappa shape index (κ1) is 15.5. The Hall–Kier alpha value is -2.84. The number of aryl methyl sites for hydroxylation is 1. The number of hydrogen-bond acceptors (Lipinski definition) is 4. The Labute approximate surface area is 128 Å². The van der Waals surface area contributed by atoms with Crippen molar-refractivity contribution < 1.29 is 14.6 Å². The number of carbonyl (C=O) groups is 1. The number of aliphatic hydroxyl groups excluding tert-OH is 1. The van der Waals surface area contributed by atoms with Gasteiger partial charge < -0.3 is 15.2 Å². The lowest BCUT2D eigenvalue weighted by atomic mass is 10.1. The number of aliphatic hydroxyl groups is 1. The topological polar surface area (TPSA) is 82.3 Å². The summed E-state index contributed by atoms with van der Waals surface area (Å²) >= 11 is 0. The average Bonchev–Trinajstić information content (AvgIpc) is 2.55. The van der Waals surface area contributed by atoms with Crippen molar-refractivity contribution in [3.05, 3.63) is 59.2 Å². The van der Waals surface area contributed by atoms with Gasteiger partial charge in [-0.25, -0.2) is 0 Å². The molecule has 2 aromatic rings. The van der Waals surface area contributed by atoms with Crippen molar-refractivity contribution in [3.63, 3.8) is 0 Å². The van der Waals surface area contributed by atoms with Crippen LogP contribution in [0.25, 0.3) is 0 Å². The smallest absolute Gasteiger partial charge is 0.251 e. The zero-order chi connectivity index (χ0) is 15.9. The van der Waals surface area contributed by atoms with E-state index in [1.54, 1.807) is 42.5 Å². The Morgan fingerprint density at radius 1 is 1.27 bits per heavy atom. The molecule has 2 aromatic carbocycles.